The molecule has 2 aromatic rings. The number of benzene rings is 1. The van der Waals surface area contributed by atoms with Crippen molar-refractivity contribution in [3.05, 3.63) is 35.3 Å². The Morgan fingerprint density at radius 3 is 2.50 bits per heavy atom. The minimum Gasteiger partial charge on any atom is -0.481 e. The molecule has 2 saturated heterocycles. The van der Waals surface area contributed by atoms with Gasteiger partial charge in [-0.25, -0.2) is 9.78 Å². The Balaban J connectivity index is 1.34. The van der Waals surface area contributed by atoms with Crippen molar-refractivity contribution in [2.75, 3.05) is 35.2 Å². The molecule has 1 aromatic carbocycles. The quantitative estimate of drug-likeness (QED) is 0.584. The number of carbonyl (C=O) groups excluding carboxylic acids is 3. The fourth-order valence-electron chi connectivity index (χ4n) is 3.65. The maximum Gasteiger partial charge on any atom is 0.414 e. The number of nitrogen functional groups attached to an aromatic ring is 1. The SMILES string of the molecule is Nc1ncc(C(=O)NC[C@@H]2CN(c3ccc(N4CCC(C(=O)O)CC4=O)cc3)C(=O)O2)s1. The first kappa shape index (κ1) is 21.6. The fraction of sp³-hybridized carbons (Fsp3) is 0.350. The number of carbonyl (C=O) groups is 4. The molecule has 2 fully saturated rings. The molecule has 32 heavy (non-hydrogen) atoms. The highest BCUT2D eigenvalue weighted by Gasteiger charge is 2.34. The fourth-order valence-corrected chi connectivity index (χ4v) is 4.25. The van der Waals surface area contributed by atoms with Crippen molar-refractivity contribution in [2.45, 2.75) is 18.9 Å². The zero-order valence-electron chi connectivity index (χ0n) is 16.9. The molecule has 11 nitrogen and oxygen atoms in total. The lowest BCUT2D eigenvalue weighted by Crippen LogP contribution is -2.41. The van der Waals surface area contributed by atoms with Crippen LogP contribution in [0.4, 0.5) is 21.3 Å². The van der Waals surface area contributed by atoms with E-state index in [1.165, 1.54) is 11.1 Å². The van der Waals surface area contributed by atoms with Gasteiger partial charge in [0.1, 0.15) is 11.0 Å². The number of nitrogens with zero attached hydrogens (tertiary/aromatic N) is 3. The number of ether oxygens (including phenoxy) is 1. The third kappa shape index (κ3) is 4.49. The summed E-state index contributed by atoms with van der Waals surface area (Å²) in [6, 6.07) is 6.83. The van der Waals surface area contributed by atoms with Crippen molar-refractivity contribution in [1.29, 1.82) is 0 Å². The maximum atomic E-state index is 12.3. The van der Waals surface area contributed by atoms with Gasteiger partial charge < -0.3 is 25.8 Å². The number of hydrogen-bond acceptors (Lipinski definition) is 8. The molecule has 1 aromatic heterocycles. The lowest BCUT2D eigenvalue weighted by atomic mass is 9.96. The molecule has 1 unspecified atom stereocenters. The first-order valence-electron chi connectivity index (χ1n) is 9.92. The molecule has 0 aliphatic carbocycles. The monoisotopic (exact) mass is 459 g/mol. The molecule has 2 aliphatic heterocycles. The van der Waals surface area contributed by atoms with Gasteiger partial charge >= 0.3 is 12.1 Å². The molecule has 0 bridgehead atoms. The number of hydrogen-bond donors (Lipinski definition) is 3. The van der Waals surface area contributed by atoms with Crippen molar-refractivity contribution in [2.24, 2.45) is 5.92 Å². The van der Waals surface area contributed by atoms with Crippen molar-refractivity contribution in [3.63, 3.8) is 0 Å². The van der Waals surface area contributed by atoms with Crippen LogP contribution in [-0.2, 0) is 14.3 Å². The van der Waals surface area contributed by atoms with Gasteiger partial charge in [-0.05, 0) is 30.7 Å². The third-order valence-electron chi connectivity index (χ3n) is 5.36. The summed E-state index contributed by atoms with van der Waals surface area (Å²) in [4.78, 5) is 55.0. The second kappa shape index (κ2) is 8.83. The number of nitrogens with one attached hydrogen (secondary N) is 1. The van der Waals surface area contributed by atoms with E-state index in [4.69, 9.17) is 15.6 Å². The van der Waals surface area contributed by atoms with Gasteiger partial charge in [-0.3, -0.25) is 19.3 Å². The van der Waals surface area contributed by atoms with E-state index in [1.807, 2.05) is 0 Å². The van der Waals surface area contributed by atoms with E-state index in [1.54, 1.807) is 29.2 Å². The molecular weight excluding hydrogens is 438 g/mol. The number of piperidine rings is 1. The van der Waals surface area contributed by atoms with Gasteiger partial charge in [0, 0.05) is 24.3 Å². The second-order valence-electron chi connectivity index (χ2n) is 7.48. The summed E-state index contributed by atoms with van der Waals surface area (Å²) in [5.74, 6) is -2.18. The zero-order valence-corrected chi connectivity index (χ0v) is 17.7. The highest BCUT2D eigenvalue weighted by Crippen LogP contribution is 2.28. The topological polar surface area (TPSA) is 155 Å². The van der Waals surface area contributed by atoms with Crippen LogP contribution < -0.4 is 20.9 Å². The maximum absolute atomic E-state index is 12.3. The Kier molecular flexibility index (Phi) is 5.95. The van der Waals surface area contributed by atoms with E-state index >= 15 is 0 Å². The summed E-state index contributed by atoms with van der Waals surface area (Å²) in [5.41, 5.74) is 6.76. The van der Waals surface area contributed by atoms with Crippen LogP contribution in [0.15, 0.2) is 30.5 Å². The molecule has 4 N–H and O–H groups in total. The van der Waals surface area contributed by atoms with Gasteiger partial charge in [-0.15, -0.1) is 0 Å². The lowest BCUT2D eigenvalue weighted by Gasteiger charge is -2.30. The highest BCUT2D eigenvalue weighted by atomic mass is 32.1. The number of thiazole rings is 1. The summed E-state index contributed by atoms with van der Waals surface area (Å²) in [6.45, 7) is 0.726. The molecule has 3 amide bonds. The summed E-state index contributed by atoms with van der Waals surface area (Å²) >= 11 is 1.07. The lowest BCUT2D eigenvalue weighted by molar-refractivity contribution is -0.144. The number of aliphatic carboxylic acids is 1. The van der Waals surface area contributed by atoms with Crippen LogP contribution in [-0.4, -0.2) is 59.7 Å². The van der Waals surface area contributed by atoms with E-state index in [9.17, 15) is 19.2 Å². The van der Waals surface area contributed by atoms with Gasteiger partial charge in [0.05, 0.1) is 25.2 Å². The van der Waals surface area contributed by atoms with Crippen molar-refractivity contribution >= 4 is 51.7 Å². The Bertz CT molecular complexity index is 1060. The van der Waals surface area contributed by atoms with Crippen LogP contribution in [0.3, 0.4) is 0 Å². The molecule has 0 spiro atoms. The summed E-state index contributed by atoms with van der Waals surface area (Å²) in [5, 5.41) is 12.1. The number of carboxylic acid groups (broad SMARTS) is 1. The number of anilines is 3. The summed E-state index contributed by atoms with van der Waals surface area (Å²) in [6.07, 6.45) is 0.698. The van der Waals surface area contributed by atoms with E-state index in [2.05, 4.69) is 10.3 Å². The molecule has 168 valence electrons. The predicted molar refractivity (Wildman–Crippen MR) is 116 cm³/mol. The Hall–Kier alpha value is -3.67. The second-order valence-corrected chi connectivity index (χ2v) is 8.54. The average Bonchev–Trinajstić information content (AvgIpc) is 3.37. The standard InChI is InChI=1S/C20H21N5O6S/c21-19-23-9-15(32-19)17(27)22-8-14-10-25(20(30)31-14)13-3-1-12(2-4-13)24-6-5-11(18(28)29)7-16(24)26/h1-4,9,11,14H,5-8,10H2,(H2,21,23)(H,22,27)(H,28,29)/t11?,14-/m1/s1. The minimum atomic E-state index is -0.956. The van der Waals surface area contributed by atoms with Crippen molar-refractivity contribution < 1.29 is 29.0 Å². The normalized spacial score (nSPS) is 20.9. The van der Waals surface area contributed by atoms with E-state index in [0.717, 1.165) is 11.3 Å². The molecule has 0 radical (unpaired) electrons. The molecular formula is C20H21N5O6S. The smallest absolute Gasteiger partial charge is 0.414 e. The van der Waals surface area contributed by atoms with Gasteiger partial charge in [0.2, 0.25) is 5.91 Å². The summed E-state index contributed by atoms with van der Waals surface area (Å²) in [7, 11) is 0. The minimum absolute atomic E-state index is 0.0307. The Morgan fingerprint density at radius 1 is 1.22 bits per heavy atom. The zero-order chi connectivity index (χ0) is 22.8. The third-order valence-corrected chi connectivity index (χ3v) is 6.18. The van der Waals surface area contributed by atoms with Crippen LogP contribution in [0, 0.1) is 5.92 Å². The van der Waals surface area contributed by atoms with Crippen LogP contribution in [0.25, 0.3) is 0 Å². The van der Waals surface area contributed by atoms with E-state index < -0.39 is 24.1 Å². The predicted octanol–water partition coefficient (Wildman–Crippen LogP) is 1.31. The molecule has 2 atom stereocenters. The number of rotatable bonds is 6. The number of nitrogens with two attached hydrogens (primary N) is 1. The van der Waals surface area contributed by atoms with Crippen molar-refractivity contribution in [1.82, 2.24) is 10.3 Å². The van der Waals surface area contributed by atoms with Gasteiger partial charge in [0.15, 0.2) is 5.13 Å². The molecule has 0 saturated carbocycles. The average molecular weight is 459 g/mol. The van der Waals surface area contributed by atoms with Gasteiger partial charge in [-0.1, -0.05) is 11.3 Å². The van der Waals surface area contributed by atoms with Crippen LogP contribution >= 0.6 is 11.3 Å². The summed E-state index contributed by atoms with van der Waals surface area (Å²) < 4.78 is 5.33. The largest absolute Gasteiger partial charge is 0.481 e. The number of aromatic nitrogens is 1. The van der Waals surface area contributed by atoms with Crippen LogP contribution in [0.5, 0.6) is 0 Å². The highest BCUT2D eigenvalue weighted by molar-refractivity contribution is 7.17. The van der Waals surface area contributed by atoms with Crippen LogP contribution in [0.2, 0.25) is 0 Å². The van der Waals surface area contributed by atoms with Crippen molar-refractivity contribution in [3.8, 4) is 0 Å². The molecule has 3 heterocycles. The molecule has 12 heteroatoms. The Labute approximate surface area is 186 Å². The van der Waals surface area contributed by atoms with Crippen LogP contribution in [0.1, 0.15) is 22.5 Å². The van der Waals surface area contributed by atoms with Gasteiger partial charge in [0.25, 0.3) is 5.91 Å². The Morgan fingerprint density at radius 2 is 1.91 bits per heavy atom. The number of amides is 3. The molecule has 4 rings (SSSR count). The van der Waals surface area contributed by atoms with Gasteiger partial charge in [-0.2, -0.15) is 0 Å². The number of cyclic esters (lactones) is 1. The van der Waals surface area contributed by atoms with E-state index in [-0.39, 0.29) is 31.3 Å². The first-order valence-corrected chi connectivity index (χ1v) is 10.7. The van der Waals surface area contributed by atoms with E-state index in [0.29, 0.717) is 34.3 Å². The molecule has 2 aliphatic rings. The first-order chi connectivity index (χ1) is 15.3. The number of carboxylic acids is 1.